The van der Waals surface area contributed by atoms with E-state index in [0.29, 0.717) is 6.10 Å². The van der Waals surface area contributed by atoms with Gasteiger partial charge in [-0.2, -0.15) is 0 Å². The molecule has 3 aromatic rings. The summed E-state index contributed by atoms with van der Waals surface area (Å²) < 4.78 is 5.23. The third kappa shape index (κ3) is 3.37. The van der Waals surface area contributed by atoms with Crippen molar-refractivity contribution in [1.29, 1.82) is 0 Å². The number of nitrogens with one attached hydrogen (secondary N) is 1. The van der Waals surface area contributed by atoms with Gasteiger partial charge in [0.2, 0.25) is 0 Å². The van der Waals surface area contributed by atoms with Crippen molar-refractivity contribution in [3.63, 3.8) is 0 Å². The summed E-state index contributed by atoms with van der Waals surface area (Å²) in [6.07, 6.45) is 4.11. The predicted molar refractivity (Wildman–Crippen MR) is 95.7 cm³/mol. The molecule has 4 nitrogen and oxygen atoms in total. The van der Waals surface area contributed by atoms with Gasteiger partial charge in [0, 0.05) is 28.7 Å². The minimum Gasteiger partial charge on any atom is -0.399 e. The van der Waals surface area contributed by atoms with Gasteiger partial charge in [0.1, 0.15) is 0 Å². The Hall–Kier alpha value is -2.33. The third-order valence-electron chi connectivity index (χ3n) is 4.32. The molecule has 1 fully saturated rings. The monoisotopic (exact) mass is 307 g/mol. The van der Waals surface area contributed by atoms with E-state index in [1.165, 1.54) is 19.3 Å². The van der Waals surface area contributed by atoms with Crippen LogP contribution in [0.2, 0.25) is 0 Å². The molecular formula is C19H21N3O. The summed E-state index contributed by atoms with van der Waals surface area (Å²) in [5.74, 6) is 0. The molecule has 1 aliphatic rings. The maximum absolute atomic E-state index is 5.86. The van der Waals surface area contributed by atoms with Crippen LogP contribution < -0.4 is 11.1 Å². The van der Waals surface area contributed by atoms with Gasteiger partial charge in [-0.15, -0.1) is 0 Å². The Morgan fingerprint density at radius 3 is 2.65 bits per heavy atom. The van der Waals surface area contributed by atoms with Gasteiger partial charge in [0.25, 0.3) is 0 Å². The molecule has 2 heterocycles. The molecule has 1 aliphatic heterocycles. The number of benzene rings is 2. The van der Waals surface area contributed by atoms with Crippen molar-refractivity contribution in [1.82, 2.24) is 4.98 Å². The first kappa shape index (κ1) is 14.3. The highest BCUT2D eigenvalue weighted by atomic mass is 16.6. The van der Waals surface area contributed by atoms with Crippen LogP contribution in [0.3, 0.4) is 0 Å². The van der Waals surface area contributed by atoms with Crippen LogP contribution >= 0.6 is 0 Å². The largest absolute Gasteiger partial charge is 0.399 e. The standard InChI is InChI=1S/C19H21N3O/c20-15-6-4-13-9-14-5-7-16(11-19(14)22-18(13)10-15)21-8-2-1-3-17-12-23-17/h4-7,9-11,17,21H,1-3,8,12,20H2. The average molecular weight is 307 g/mol. The SMILES string of the molecule is Nc1ccc2cc3ccc(NCCCCC4CO4)cc3nc2c1. The van der Waals surface area contributed by atoms with Crippen molar-refractivity contribution in [3.8, 4) is 0 Å². The summed E-state index contributed by atoms with van der Waals surface area (Å²) in [4.78, 5) is 4.74. The van der Waals surface area contributed by atoms with Gasteiger partial charge in [-0.05, 0) is 49.6 Å². The van der Waals surface area contributed by atoms with Crippen LogP contribution in [0.4, 0.5) is 11.4 Å². The summed E-state index contributed by atoms with van der Waals surface area (Å²) in [7, 11) is 0. The second-order valence-corrected chi connectivity index (χ2v) is 6.23. The molecule has 23 heavy (non-hydrogen) atoms. The minimum atomic E-state index is 0.542. The third-order valence-corrected chi connectivity index (χ3v) is 4.32. The fourth-order valence-corrected chi connectivity index (χ4v) is 2.91. The summed E-state index contributed by atoms with van der Waals surface area (Å²) in [6, 6.07) is 14.4. The normalized spacial score (nSPS) is 16.8. The summed E-state index contributed by atoms with van der Waals surface area (Å²) in [6.45, 7) is 1.95. The maximum atomic E-state index is 5.86. The number of hydrogen-bond donors (Lipinski definition) is 2. The van der Waals surface area contributed by atoms with Crippen molar-refractivity contribution in [2.24, 2.45) is 0 Å². The van der Waals surface area contributed by atoms with E-state index >= 15 is 0 Å². The first-order valence-corrected chi connectivity index (χ1v) is 8.23. The summed E-state index contributed by atoms with van der Waals surface area (Å²) in [5.41, 5.74) is 9.67. The smallest absolute Gasteiger partial charge is 0.0810 e. The lowest BCUT2D eigenvalue weighted by atomic mass is 10.1. The molecule has 0 aliphatic carbocycles. The van der Waals surface area contributed by atoms with Gasteiger partial charge >= 0.3 is 0 Å². The second kappa shape index (κ2) is 6.05. The maximum Gasteiger partial charge on any atom is 0.0810 e. The van der Waals surface area contributed by atoms with Crippen LogP contribution in [0.25, 0.3) is 21.8 Å². The first-order valence-electron chi connectivity index (χ1n) is 8.23. The lowest BCUT2D eigenvalue weighted by Gasteiger charge is -2.08. The number of anilines is 2. The number of ether oxygens (including phenoxy) is 1. The van der Waals surface area contributed by atoms with E-state index in [1.54, 1.807) is 0 Å². The van der Waals surface area contributed by atoms with Crippen molar-refractivity contribution < 1.29 is 4.74 Å². The number of fused-ring (bicyclic) bond motifs is 2. The zero-order valence-electron chi connectivity index (χ0n) is 13.1. The zero-order valence-corrected chi connectivity index (χ0v) is 13.1. The number of nitrogens with two attached hydrogens (primary N) is 1. The topological polar surface area (TPSA) is 63.5 Å². The Labute approximate surface area is 135 Å². The quantitative estimate of drug-likeness (QED) is 0.313. The number of epoxide rings is 1. The number of unbranched alkanes of at least 4 members (excludes halogenated alkanes) is 1. The van der Waals surface area contributed by atoms with Crippen LogP contribution in [-0.4, -0.2) is 24.2 Å². The Kier molecular flexibility index (Phi) is 3.75. The number of nitrogens with zero attached hydrogens (tertiary/aromatic N) is 1. The minimum absolute atomic E-state index is 0.542. The molecule has 4 rings (SSSR count). The highest BCUT2D eigenvalue weighted by Crippen LogP contribution is 2.24. The van der Waals surface area contributed by atoms with E-state index < -0.39 is 0 Å². The number of hydrogen-bond acceptors (Lipinski definition) is 4. The van der Waals surface area contributed by atoms with Gasteiger partial charge in [-0.1, -0.05) is 12.1 Å². The van der Waals surface area contributed by atoms with Gasteiger partial charge < -0.3 is 15.8 Å². The van der Waals surface area contributed by atoms with Crippen molar-refractivity contribution in [2.75, 3.05) is 24.2 Å². The molecule has 1 aromatic heterocycles. The van der Waals surface area contributed by atoms with Crippen LogP contribution in [0.5, 0.6) is 0 Å². The molecule has 1 saturated heterocycles. The predicted octanol–water partition coefficient (Wildman–Crippen LogP) is 3.95. The average Bonchev–Trinajstić information content (AvgIpc) is 3.37. The number of pyridine rings is 1. The zero-order chi connectivity index (χ0) is 15.6. The number of rotatable bonds is 6. The second-order valence-electron chi connectivity index (χ2n) is 6.23. The van der Waals surface area contributed by atoms with E-state index in [1.807, 2.05) is 18.2 Å². The summed E-state index contributed by atoms with van der Waals surface area (Å²) >= 11 is 0. The Morgan fingerprint density at radius 1 is 1.04 bits per heavy atom. The van der Waals surface area contributed by atoms with Crippen LogP contribution in [0.15, 0.2) is 42.5 Å². The lowest BCUT2D eigenvalue weighted by molar-refractivity contribution is 0.390. The summed E-state index contributed by atoms with van der Waals surface area (Å²) in [5, 5.41) is 5.76. The molecule has 1 atom stereocenters. The van der Waals surface area contributed by atoms with Gasteiger partial charge in [-0.3, -0.25) is 0 Å². The first-order chi connectivity index (χ1) is 11.3. The van der Waals surface area contributed by atoms with Crippen LogP contribution in [0, 0.1) is 0 Å². The van der Waals surface area contributed by atoms with Gasteiger partial charge in [0.05, 0.1) is 23.7 Å². The lowest BCUT2D eigenvalue weighted by Crippen LogP contribution is -2.02. The molecule has 0 radical (unpaired) electrons. The Balaban J connectivity index is 1.48. The van der Waals surface area contributed by atoms with E-state index in [0.717, 1.165) is 46.3 Å². The fraction of sp³-hybridized carbons (Fsp3) is 0.316. The molecule has 118 valence electrons. The fourth-order valence-electron chi connectivity index (χ4n) is 2.91. The van der Waals surface area contributed by atoms with Crippen LogP contribution in [-0.2, 0) is 4.74 Å². The van der Waals surface area contributed by atoms with E-state index in [4.69, 9.17) is 15.5 Å². The molecule has 0 bridgehead atoms. The van der Waals surface area contributed by atoms with Crippen molar-refractivity contribution in [2.45, 2.75) is 25.4 Å². The molecule has 0 saturated carbocycles. The molecule has 4 heteroatoms. The number of aromatic nitrogens is 1. The molecule has 0 spiro atoms. The molecule has 3 N–H and O–H groups in total. The van der Waals surface area contributed by atoms with Gasteiger partial charge in [0.15, 0.2) is 0 Å². The van der Waals surface area contributed by atoms with E-state index in [9.17, 15) is 0 Å². The highest BCUT2D eigenvalue weighted by Gasteiger charge is 2.20. The molecule has 2 aromatic carbocycles. The highest BCUT2D eigenvalue weighted by molar-refractivity contribution is 5.94. The number of nitrogen functional groups attached to an aromatic ring is 1. The van der Waals surface area contributed by atoms with Crippen molar-refractivity contribution >= 4 is 33.2 Å². The van der Waals surface area contributed by atoms with Crippen molar-refractivity contribution in [3.05, 3.63) is 42.5 Å². The van der Waals surface area contributed by atoms with E-state index in [-0.39, 0.29) is 0 Å². The molecular weight excluding hydrogens is 286 g/mol. The van der Waals surface area contributed by atoms with E-state index in [2.05, 4.69) is 29.6 Å². The van der Waals surface area contributed by atoms with Crippen LogP contribution in [0.1, 0.15) is 19.3 Å². The molecule has 0 amide bonds. The Bertz CT molecular complexity index is 843. The molecule has 1 unspecified atom stereocenters. The Morgan fingerprint density at radius 2 is 1.83 bits per heavy atom. The van der Waals surface area contributed by atoms with Gasteiger partial charge in [-0.25, -0.2) is 4.98 Å².